The molecule has 1 aromatic heterocycles. The van der Waals surface area contributed by atoms with E-state index in [9.17, 15) is 14.4 Å². The summed E-state index contributed by atoms with van der Waals surface area (Å²) in [6, 6.07) is 13.5. The van der Waals surface area contributed by atoms with Crippen molar-refractivity contribution in [2.24, 2.45) is 0 Å². The van der Waals surface area contributed by atoms with Crippen LogP contribution in [0.2, 0.25) is 5.02 Å². The van der Waals surface area contributed by atoms with E-state index in [0.717, 1.165) is 0 Å². The number of halogens is 1. The van der Waals surface area contributed by atoms with Crippen LogP contribution in [0.15, 0.2) is 53.9 Å². The summed E-state index contributed by atoms with van der Waals surface area (Å²) >= 11 is 7.13. The predicted octanol–water partition coefficient (Wildman–Crippen LogP) is 4.58. The molecule has 3 rings (SSSR count). The van der Waals surface area contributed by atoms with E-state index in [1.165, 1.54) is 18.3 Å². The molecule has 0 aliphatic carbocycles. The number of thiazole rings is 1. The van der Waals surface area contributed by atoms with E-state index in [0.29, 0.717) is 39.2 Å². The maximum absolute atomic E-state index is 12.2. The van der Waals surface area contributed by atoms with Gasteiger partial charge < -0.3 is 10.6 Å². The SMILES string of the molecule is CC(=O)Nc1cccc(NC(=O)CCc2csc(NC(=O)c3ccc(Cl)cc3)n2)c1. The molecule has 0 saturated carbocycles. The van der Waals surface area contributed by atoms with E-state index < -0.39 is 0 Å². The lowest BCUT2D eigenvalue weighted by Crippen LogP contribution is -2.13. The molecular formula is C21H19ClN4O3S. The minimum absolute atomic E-state index is 0.172. The Kier molecular flexibility index (Phi) is 7.16. The van der Waals surface area contributed by atoms with Gasteiger partial charge in [0.1, 0.15) is 0 Å². The first-order valence-corrected chi connectivity index (χ1v) is 10.3. The molecule has 0 bridgehead atoms. The summed E-state index contributed by atoms with van der Waals surface area (Å²) in [7, 11) is 0. The van der Waals surface area contributed by atoms with Crippen LogP contribution < -0.4 is 16.0 Å². The van der Waals surface area contributed by atoms with E-state index in [1.54, 1.807) is 48.5 Å². The van der Waals surface area contributed by atoms with Crippen LogP contribution in [-0.2, 0) is 16.0 Å². The molecule has 0 aliphatic rings. The number of rotatable bonds is 7. The van der Waals surface area contributed by atoms with E-state index in [4.69, 9.17) is 11.6 Å². The molecule has 0 radical (unpaired) electrons. The number of carbonyl (C=O) groups is 3. The fourth-order valence-electron chi connectivity index (χ4n) is 2.59. The number of nitrogens with zero attached hydrogens (tertiary/aromatic N) is 1. The lowest BCUT2D eigenvalue weighted by Gasteiger charge is -2.07. The van der Waals surface area contributed by atoms with Gasteiger partial charge in [-0.3, -0.25) is 19.7 Å². The number of benzene rings is 2. The second kappa shape index (κ2) is 10.00. The van der Waals surface area contributed by atoms with Crippen molar-refractivity contribution in [2.75, 3.05) is 16.0 Å². The van der Waals surface area contributed by atoms with Gasteiger partial charge in [-0.2, -0.15) is 0 Å². The highest BCUT2D eigenvalue weighted by Gasteiger charge is 2.11. The van der Waals surface area contributed by atoms with Crippen molar-refractivity contribution in [2.45, 2.75) is 19.8 Å². The third-order valence-electron chi connectivity index (χ3n) is 3.95. The van der Waals surface area contributed by atoms with Gasteiger partial charge in [-0.15, -0.1) is 11.3 Å². The van der Waals surface area contributed by atoms with Gasteiger partial charge in [0.2, 0.25) is 11.8 Å². The van der Waals surface area contributed by atoms with Gasteiger partial charge in [0, 0.05) is 40.7 Å². The average molecular weight is 443 g/mol. The zero-order valence-electron chi connectivity index (χ0n) is 16.1. The molecule has 0 unspecified atom stereocenters. The van der Waals surface area contributed by atoms with Crippen molar-refractivity contribution in [1.82, 2.24) is 4.98 Å². The van der Waals surface area contributed by atoms with Crippen LogP contribution in [-0.4, -0.2) is 22.7 Å². The van der Waals surface area contributed by atoms with Gasteiger partial charge in [-0.1, -0.05) is 17.7 Å². The van der Waals surface area contributed by atoms with Crippen LogP contribution in [0.1, 0.15) is 29.4 Å². The number of anilines is 3. The minimum Gasteiger partial charge on any atom is -0.326 e. The molecule has 1 heterocycles. The number of amides is 3. The Morgan fingerprint density at radius 2 is 1.70 bits per heavy atom. The van der Waals surface area contributed by atoms with E-state index in [2.05, 4.69) is 20.9 Å². The van der Waals surface area contributed by atoms with Gasteiger partial charge in [-0.25, -0.2) is 4.98 Å². The molecule has 2 aromatic carbocycles. The summed E-state index contributed by atoms with van der Waals surface area (Å²) in [6.45, 7) is 1.42. The lowest BCUT2D eigenvalue weighted by molar-refractivity contribution is -0.116. The molecule has 7 nitrogen and oxygen atoms in total. The van der Waals surface area contributed by atoms with E-state index in [1.807, 2.05) is 5.38 Å². The highest BCUT2D eigenvalue weighted by molar-refractivity contribution is 7.14. The third-order valence-corrected chi connectivity index (χ3v) is 5.01. The Bertz CT molecular complexity index is 1070. The Morgan fingerprint density at radius 3 is 2.40 bits per heavy atom. The highest BCUT2D eigenvalue weighted by atomic mass is 35.5. The first-order valence-electron chi connectivity index (χ1n) is 9.08. The number of aromatic nitrogens is 1. The highest BCUT2D eigenvalue weighted by Crippen LogP contribution is 2.19. The van der Waals surface area contributed by atoms with E-state index in [-0.39, 0.29) is 24.1 Å². The molecule has 0 aliphatic heterocycles. The quantitative estimate of drug-likeness (QED) is 0.498. The number of aryl methyl sites for hydroxylation is 1. The third kappa shape index (κ3) is 6.40. The number of carbonyl (C=O) groups excluding carboxylic acids is 3. The monoisotopic (exact) mass is 442 g/mol. The zero-order chi connectivity index (χ0) is 21.5. The summed E-state index contributed by atoms with van der Waals surface area (Å²) in [5.74, 6) is -0.625. The summed E-state index contributed by atoms with van der Waals surface area (Å²) in [5, 5.41) is 11.0. The van der Waals surface area contributed by atoms with Gasteiger partial charge in [0.05, 0.1) is 5.69 Å². The maximum atomic E-state index is 12.2. The molecule has 154 valence electrons. The van der Waals surface area contributed by atoms with E-state index >= 15 is 0 Å². The van der Waals surface area contributed by atoms with Gasteiger partial charge in [0.25, 0.3) is 5.91 Å². The van der Waals surface area contributed by atoms with Crippen molar-refractivity contribution in [3.8, 4) is 0 Å². The van der Waals surface area contributed by atoms with Crippen LogP contribution >= 0.6 is 22.9 Å². The van der Waals surface area contributed by atoms with Crippen LogP contribution in [0.4, 0.5) is 16.5 Å². The molecular weight excluding hydrogens is 424 g/mol. The summed E-state index contributed by atoms with van der Waals surface area (Å²) < 4.78 is 0. The second-order valence-corrected chi connectivity index (χ2v) is 7.71. The fraction of sp³-hybridized carbons (Fsp3) is 0.143. The second-order valence-electron chi connectivity index (χ2n) is 6.42. The molecule has 3 aromatic rings. The average Bonchev–Trinajstić information content (AvgIpc) is 3.14. The fourth-order valence-corrected chi connectivity index (χ4v) is 3.46. The normalized spacial score (nSPS) is 10.3. The Balaban J connectivity index is 1.50. The van der Waals surface area contributed by atoms with Crippen molar-refractivity contribution in [3.05, 3.63) is 70.2 Å². The van der Waals surface area contributed by atoms with Gasteiger partial charge >= 0.3 is 0 Å². The first-order chi connectivity index (χ1) is 14.4. The van der Waals surface area contributed by atoms with Crippen molar-refractivity contribution < 1.29 is 14.4 Å². The topological polar surface area (TPSA) is 100 Å². The zero-order valence-corrected chi connectivity index (χ0v) is 17.6. The van der Waals surface area contributed by atoms with Gasteiger partial charge in [-0.05, 0) is 48.9 Å². The molecule has 0 saturated heterocycles. The largest absolute Gasteiger partial charge is 0.326 e. The Morgan fingerprint density at radius 1 is 1.00 bits per heavy atom. The standard InChI is InChI=1S/C21H19ClN4O3S/c1-13(27)23-16-3-2-4-17(11-16)24-19(28)10-9-18-12-30-21(25-18)26-20(29)14-5-7-15(22)8-6-14/h2-8,11-12H,9-10H2,1H3,(H,23,27)(H,24,28)(H,25,26,29). The summed E-state index contributed by atoms with van der Waals surface area (Å²) in [4.78, 5) is 39.9. The van der Waals surface area contributed by atoms with Crippen LogP contribution in [0, 0.1) is 0 Å². The minimum atomic E-state index is -0.274. The van der Waals surface area contributed by atoms with Crippen LogP contribution in [0.5, 0.6) is 0 Å². The molecule has 3 N–H and O–H groups in total. The summed E-state index contributed by atoms with van der Waals surface area (Å²) in [6.07, 6.45) is 0.670. The smallest absolute Gasteiger partial charge is 0.257 e. The number of hydrogen-bond acceptors (Lipinski definition) is 5. The molecule has 0 fully saturated rings. The molecule has 9 heteroatoms. The molecule has 0 spiro atoms. The Hall–Kier alpha value is -3.23. The molecule has 0 atom stereocenters. The van der Waals surface area contributed by atoms with Crippen molar-refractivity contribution in [1.29, 1.82) is 0 Å². The summed E-state index contributed by atoms with van der Waals surface area (Å²) in [5.41, 5.74) is 2.41. The predicted molar refractivity (Wildman–Crippen MR) is 119 cm³/mol. The number of nitrogens with one attached hydrogen (secondary N) is 3. The van der Waals surface area contributed by atoms with Gasteiger partial charge in [0.15, 0.2) is 5.13 Å². The van der Waals surface area contributed by atoms with Crippen LogP contribution in [0.25, 0.3) is 0 Å². The molecule has 30 heavy (non-hydrogen) atoms. The Labute approximate surface area is 182 Å². The van der Waals surface area contributed by atoms with Crippen molar-refractivity contribution >= 4 is 57.2 Å². The van der Waals surface area contributed by atoms with Crippen molar-refractivity contribution in [3.63, 3.8) is 0 Å². The maximum Gasteiger partial charge on any atom is 0.257 e. The van der Waals surface area contributed by atoms with Crippen LogP contribution in [0.3, 0.4) is 0 Å². The number of hydrogen-bond donors (Lipinski definition) is 3. The first kappa shape index (κ1) is 21.5. The lowest BCUT2D eigenvalue weighted by atomic mass is 10.2. The molecule has 3 amide bonds.